The van der Waals surface area contributed by atoms with Gasteiger partial charge in [0.05, 0.1) is 11.0 Å². The smallest absolute Gasteiger partial charge is 0.104 e. The average molecular weight is 204 g/mol. The number of aromatic amines is 1. The topological polar surface area (TPSA) is 57.9 Å². The number of aryl methyl sites for hydroxylation is 1. The van der Waals surface area contributed by atoms with E-state index in [1.165, 1.54) is 0 Å². The third kappa shape index (κ3) is 1.94. The molecule has 0 saturated heterocycles. The lowest BCUT2D eigenvalue weighted by molar-refractivity contribution is 0.886. The summed E-state index contributed by atoms with van der Waals surface area (Å²) in [4.78, 5) is 9.72. The highest BCUT2D eigenvalue weighted by molar-refractivity contribution is 5.79. The summed E-state index contributed by atoms with van der Waals surface area (Å²) in [5.41, 5.74) is 8.77. The Kier molecular flexibility index (Phi) is 2.60. The number of hydrogen-bond donors (Lipinski definition) is 2. The third-order valence-corrected chi connectivity index (χ3v) is 2.49. The Morgan fingerprint density at radius 1 is 1.47 bits per heavy atom. The summed E-state index contributed by atoms with van der Waals surface area (Å²) in [6.07, 6.45) is 0. The quantitative estimate of drug-likeness (QED) is 0.791. The number of nitrogens with zero attached hydrogens (tertiary/aromatic N) is 2. The number of fused-ring (bicyclic) bond motifs is 1. The van der Waals surface area contributed by atoms with E-state index in [0.29, 0.717) is 6.54 Å². The maximum absolute atomic E-state index is 5.52. The summed E-state index contributed by atoms with van der Waals surface area (Å²) in [5.74, 6) is 0.948. The molecule has 1 aromatic heterocycles. The second-order valence-electron chi connectivity index (χ2n) is 3.73. The van der Waals surface area contributed by atoms with Crippen LogP contribution in [0.25, 0.3) is 11.0 Å². The van der Waals surface area contributed by atoms with Crippen molar-refractivity contribution in [3.8, 4) is 0 Å². The molecule has 2 rings (SSSR count). The normalized spacial score (nSPS) is 10.9. The Bertz CT molecular complexity index is 461. The second kappa shape index (κ2) is 3.90. The highest BCUT2D eigenvalue weighted by Crippen LogP contribution is 2.19. The van der Waals surface area contributed by atoms with Crippen LogP contribution < -0.4 is 10.6 Å². The molecule has 3 N–H and O–H groups in total. The van der Waals surface area contributed by atoms with Gasteiger partial charge in [-0.05, 0) is 25.1 Å². The van der Waals surface area contributed by atoms with Gasteiger partial charge in [0.25, 0.3) is 0 Å². The molecule has 0 atom stereocenters. The maximum atomic E-state index is 5.52. The zero-order valence-electron chi connectivity index (χ0n) is 9.12. The Balaban J connectivity index is 2.37. The van der Waals surface area contributed by atoms with Crippen LogP contribution in [0.15, 0.2) is 18.2 Å². The van der Waals surface area contributed by atoms with Crippen molar-refractivity contribution in [1.29, 1.82) is 0 Å². The van der Waals surface area contributed by atoms with Crippen molar-refractivity contribution in [3.63, 3.8) is 0 Å². The maximum Gasteiger partial charge on any atom is 0.104 e. The Morgan fingerprint density at radius 2 is 2.27 bits per heavy atom. The van der Waals surface area contributed by atoms with Gasteiger partial charge in [-0.1, -0.05) is 0 Å². The number of likely N-dealkylation sites (N-methyl/N-ethyl adjacent to an activating group) is 1. The van der Waals surface area contributed by atoms with Crippen molar-refractivity contribution in [1.82, 2.24) is 9.97 Å². The molecule has 0 spiro atoms. The first-order valence-corrected chi connectivity index (χ1v) is 5.08. The molecule has 0 aliphatic heterocycles. The van der Waals surface area contributed by atoms with E-state index in [1.807, 2.05) is 20.0 Å². The van der Waals surface area contributed by atoms with Crippen LogP contribution in [0.4, 0.5) is 5.69 Å². The predicted octanol–water partition coefficient (Wildman–Crippen LogP) is 1.27. The van der Waals surface area contributed by atoms with Crippen LogP contribution in [0.1, 0.15) is 5.82 Å². The summed E-state index contributed by atoms with van der Waals surface area (Å²) in [6.45, 7) is 3.48. The van der Waals surface area contributed by atoms with Crippen LogP contribution in [0, 0.1) is 6.92 Å². The first kappa shape index (κ1) is 9.98. The van der Waals surface area contributed by atoms with Gasteiger partial charge in [-0.15, -0.1) is 0 Å². The lowest BCUT2D eigenvalue weighted by Crippen LogP contribution is -2.24. The number of imidazole rings is 1. The van der Waals surface area contributed by atoms with Crippen molar-refractivity contribution in [2.24, 2.45) is 5.73 Å². The van der Waals surface area contributed by atoms with Gasteiger partial charge >= 0.3 is 0 Å². The average Bonchev–Trinajstić information content (AvgIpc) is 2.57. The molecule has 0 bridgehead atoms. The first-order chi connectivity index (χ1) is 7.20. The SMILES string of the molecule is Cc1nc2ccc(N(C)CCN)cc2[nH]1. The second-order valence-corrected chi connectivity index (χ2v) is 3.73. The fraction of sp³-hybridized carbons (Fsp3) is 0.364. The van der Waals surface area contributed by atoms with Gasteiger partial charge in [0.1, 0.15) is 5.82 Å². The monoisotopic (exact) mass is 204 g/mol. The fourth-order valence-corrected chi connectivity index (χ4v) is 1.69. The van der Waals surface area contributed by atoms with Gasteiger partial charge < -0.3 is 15.6 Å². The minimum Gasteiger partial charge on any atom is -0.373 e. The molecular formula is C11H16N4. The van der Waals surface area contributed by atoms with Gasteiger partial charge in [0, 0.05) is 25.8 Å². The molecule has 0 unspecified atom stereocenters. The Hall–Kier alpha value is -1.55. The van der Waals surface area contributed by atoms with E-state index < -0.39 is 0 Å². The molecule has 0 aliphatic rings. The number of anilines is 1. The number of nitrogens with one attached hydrogen (secondary N) is 1. The van der Waals surface area contributed by atoms with Gasteiger partial charge in [0.2, 0.25) is 0 Å². The molecule has 15 heavy (non-hydrogen) atoms. The lowest BCUT2D eigenvalue weighted by Gasteiger charge is -2.17. The molecule has 0 fully saturated rings. The molecule has 0 aliphatic carbocycles. The van der Waals surface area contributed by atoms with Crippen LogP contribution in [0.5, 0.6) is 0 Å². The van der Waals surface area contributed by atoms with Crippen LogP contribution in [-0.4, -0.2) is 30.1 Å². The lowest BCUT2D eigenvalue weighted by atomic mass is 10.2. The molecule has 4 nitrogen and oxygen atoms in total. The molecule has 2 aromatic rings. The minimum atomic E-state index is 0.663. The molecule has 80 valence electrons. The number of rotatable bonds is 3. The fourth-order valence-electron chi connectivity index (χ4n) is 1.69. The van der Waals surface area contributed by atoms with Crippen molar-refractivity contribution in [2.45, 2.75) is 6.92 Å². The highest BCUT2D eigenvalue weighted by atomic mass is 15.1. The predicted molar refractivity (Wildman–Crippen MR) is 63.2 cm³/mol. The van der Waals surface area contributed by atoms with E-state index in [4.69, 9.17) is 5.73 Å². The Labute approximate surface area is 89.1 Å². The minimum absolute atomic E-state index is 0.663. The van der Waals surface area contributed by atoms with Crippen molar-refractivity contribution in [2.75, 3.05) is 25.0 Å². The van der Waals surface area contributed by atoms with E-state index in [-0.39, 0.29) is 0 Å². The van der Waals surface area contributed by atoms with Crippen molar-refractivity contribution in [3.05, 3.63) is 24.0 Å². The van der Waals surface area contributed by atoms with E-state index in [1.54, 1.807) is 0 Å². The molecular weight excluding hydrogens is 188 g/mol. The van der Waals surface area contributed by atoms with Gasteiger partial charge in [0.15, 0.2) is 0 Å². The number of benzene rings is 1. The number of aromatic nitrogens is 2. The van der Waals surface area contributed by atoms with Gasteiger partial charge in [-0.25, -0.2) is 4.98 Å². The van der Waals surface area contributed by atoms with Crippen LogP contribution >= 0.6 is 0 Å². The zero-order valence-corrected chi connectivity index (χ0v) is 9.12. The largest absolute Gasteiger partial charge is 0.373 e. The van der Waals surface area contributed by atoms with Gasteiger partial charge in [-0.2, -0.15) is 0 Å². The Morgan fingerprint density at radius 3 is 3.00 bits per heavy atom. The van der Waals surface area contributed by atoms with Crippen LogP contribution in [-0.2, 0) is 0 Å². The summed E-state index contributed by atoms with van der Waals surface area (Å²) >= 11 is 0. The van der Waals surface area contributed by atoms with Crippen molar-refractivity contribution >= 4 is 16.7 Å². The summed E-state index contributed by atoms with van der Waals surface area (Å²) in [7, 11) is 2.04. The van der Waals surface area contributed by atoms with E-state index >= 15 is 0 Å². The molecule has 0 amide bonds. The first-order valence-electron chi connectivity index (χ1n) is 5.08. The van der Waals surface area contributed by atoms with E-state index in [9.17, 15) is 0 Å². The molecule has 0 saturated carbocycles. The highest BCUT2D eigenvalue weighted by Gasteiger charge is 2.03. The van der Waals surface area contributed by atoms with Gasteiger partial charge in [-0.3, -0.25) is 0 Å². The van der Waals surface area contributed by atoms with E-state index in [0.717, 1.165) is 29.1 Å². The number of hydrogen-bond acceptors (Lipinski definition) is 3. The van der Waals surface area contributed by atoms with Crippen LogP contribution in [0.3, 0.4) is 0 Å². The van der Waals surface area contributed by atoms with Crippen molar-refractivity contribution < 1.29 is 0 Å². The molecule has 0 radical (unpaired) electrons. The summed E-state index contributed by atoms with van der Waals surface area (Å²) in [6, 6.07) is 6.20. The number of nitrogens with two attached hydrogens (primary N) is 1. The zero-order chi connectivity index (χ0) is 10.8. The van der Waals surface area contributed by atoms with Crippen LogP contribution in [0.2, 0.25) is 0 Å². The molecule has 1 aromatic carbocycles. The molecule has 1 heterocycles. The van der Waals surface area contributed by atoms with E-state index in [2.05, 4.69) is 27.0 Å². The summed E-state index contributed by atoms with van der Waals surface area (Å²) < 4.78 is 0. The standard InChI is InChI=1S/C11H16N4/c1-8-13-10-4-3-9(7-11(10)14-8)15(2)6-5-12/h3-4,7H,5-6,12H2,1-2H3,(H,13,14). The third-order valence-electron chi connectivity index (χ3n) is 2.49. The summed E-state index contributed by atoms with van der Waals surface area (Å²) in [5, 5.41) is 0. The molecule has 4 heteroatoms. The number of H-pyrrole nitrogens is 1.